The number of amides is 6. The number of para-hydroxylation sites is 1. The van der Waals surface area contributed by atoms with E-state index in [4.69, 9.17) is 27.7 Å². The lowest BCUT2D eigenvalue weighted by Gasteiger charge is -2.32. The molecule has 5 rings (SSSR count). The molecule has 1 saturated heterocycles. The van der Waals surface area contributed by atoms with Crippen molar-refractivity contribution >= 4 is 58.3 Å². The number of nitrogens with two attached hydrogens (primary N) is 4. The van der Waals surface area contributed by atoms with Gasteiger partial charge in [-0.15, -0.1) is 0 Å². The molecule has 2 aliphatic rings. The number of H-pyrrole nitrogens is 1. The molecule has 1 aromatic heterocycles. The molecule has 1 fully saturated rings. The van der Waals surface area contributed by atoms with Crippen LogP contribution < -0.4 is 54.3 Å². The van der Waals surface area contributed by atoms with E-state index in [0.717, 1.165) is 27.7 Å². The number of benzene rings is 2. The third kappa shape index (κ3) is 12.5. The molecule has 3 aromatic rings. The third-order valence-corrected chi connectivity index (χ3v) is 11.4. The van der Waals surface area contributed by atoms with Gasteiger partial charge in [-0.05, 0) is 94.2 Å². The van der Waals surface area contributed by atoms with Crippen LogP contribution in [0.5, 0.6) is 5.75 Å². The van der Waals surface area contributed by atoms with Crippen LogP contribution >= 0.6 is 0 Å². The first-order chi connectivity index (χ1) is 30.6. The second-order valence-electron chi connectivity index (χ2n) is 16.0. The predicted octanol–water partition coefficient (Wildman–Crippen LogP) is -1.13. The van der Waals surface area contributed by atoms with Crippen LogP contribution in [0.25, 0.3) is 10.9 Å². The van der Waals surface area contributed by atoms with E-state index in [1.54, 1.807) is 7.11 Å². The Bertz CT molecular complexity index is 2190. The summed E-state index contributed by atoms with van der Waals surface area (Å²) in [4.78, 5) is 102. The molecule has 64 heavy (non-hydrogen) atoms. The largest absolute Gasteiger partial charge is 0.497 e. The number of primary amides is 1. The summed E-state index contributed by atoms with van der Waals surface area (Å²) in [5.74, 6) is -5.11. The molecule has 0 radical (unpaired) electrons. The van der Waals surface area contributed by atoms with Crippen molar-refractivity contribution in [3.05, 3.63) is 65.4 Å². The Balaban J connectivity index is 1.32. The maximum absolute atomic E-state index is 14.3. The fraction of sp³-hybridized carbons (Fsp3) is 0.488. The van der Waals surface area contributed by atoms with Crippen LogP contribution in [-0.2, 0) is 40.0 Å². The van der Waals surface area contributed by atoms with Crippen LogP contribution in [0.3, 0.4) is 0 Å². The number of unbranched alkanes of at least 4 members (excludes halogenated alkanes) is 1. The quantitative estimate of drug-likeness (QED) is 0.0324. The first-order valence-electron chi connectivity index (χ1n) is 21.4. The molecule has 7 atom stereocenters. The number of carbonyl (C=O) groups excluding carboxylic acids is 6. The molecule has 0 aliphatic carbocycles. The third-order valence-electron chi connectivity index (χ3n) is 11.4. The van der Waals surface area contributed by atoms with Gasteiger partial charge in [0, 0.05) is 29.7 Å². The average molecular weight is 889 g/mol. The minimum atomic E-state index is -1.49. The van der Waals surface area contributed by atoms with Crippen molar-refractivity contribution in [2.45, 2.75) is 107 Å². The number of carboxylic acids is 1. The van der Waals surface area contributed by atoms with Gasteiger partial charge in [-0.2, -0.15) is 0 Å². The lowest BCUT2D eigenvalue weighted by molar-refractivity contribution is -0.143. The van der Waals surface area contributed by atoms with Gasteiger partial charge in [-0.3, -0.25) is 39.1 Å². The lowest BCUT2D eigenvalue weighted by atomic mass is 9.90. The van der Waals surface area contributed by atoms with Crippen LogP contribution in [0.1, 0.15) is 81.2 Å². The SMILES string of the molecule is COc1ccc([C@H]2N[C@H](C(=O)N[C@@H](CC(N)=O)C(=O)N[C@@H](CCCN=C(N)N)C(=O)N3CCC[C@H]3C(=O)N[C@@H](C)C(=O)N[C@@H](CCCCN)C(=O)O)Cc3c2[nH]c2ccccc32)cc1. The number of aromatic amines is 1. The molecule has 346 valence electrons. The summed E-state index contributed by atoms with van der Waals surface area (Å²) in [6, 6.07) is 7.62. The zero-order valence-corrected chi connectivity index (χ0v) is 36.1. The van der Waals surface area contributed by atoms with Gasteiger partial charge in [-0.25, -0.2) is 4.79 Å². The normalized spacial score (nSPS) is 18.7. The molecule has 21 nitrogen and oxygen atoms in total. The van der Waals surface area contributed by atoms with Crippen molar-refractivity contribution in [2.75, 3.05) is 26.7 Å². The van der Waals surface area contributed by atoms with Gasteiger partial charge >= 0.3 is 5.97 Å². The van der Waals surface area contributed by atoms with E-state index in [9.17, 15) is 38.7 Å². The number of aliphatic carboxylic acids is 1. The van der Waals surface area contributed by atoms with Gasteiger partial charge < -0.3 is 63.9 Å². The van der Waals surface area contributed by atoms with Gasteiger partial charge in [0.1, 0.15) is 36.0 Å². The first kappa shape index (κ1) is 48.3. The summed E-state index contributed by atoms with van der Waals surface area (Å²) in [7, 11) is 1.57. The van der Waals surface area contributed by atoms with Crippen molar-refractivity contribution in [3.8, 4) is 5.75 Å². The number of aliphatic imine (C=N–C) groups is 1. The summed E-state index contributed by atoms with van der Waals surface area (Å²) in [6.45, 7) is 2.00. The highest BCUT2D eigenvalue weighted by Gasteiger charge is 2.40. The lowest BCUT2D eigenvalue weighted by Crippen LogP contribution is -2.59. The number of likely N-dealkylation sites (tertiary alicyclic amines) is 1. The number of carboxylic acid groups (broad SMARTS) is 1. The maximum Gasteiger partial charge on any atom is 0.326 e. The van der Waals surface area contributed by atoms with Crippen molar-refractivity contribution in [2.24, 2.45) is 27.9 Å². The highest BCUT2D eigenvalue weighted by Crippen LogP contribution is 2.36. The first-order valence-corrected chi connectivity index (χ1v) is 21.4. The molecular weight excluding hydrogens is 829 g/mol. The van der Waals surface area contributed by atoms with Crippen molar-refractivity contribution in [1.29, 1.82) is 0 Å². The van der Waals surface area contributed by atoms with Crippen LogP contribution in [-0.4, -0.2) is 125 Å². The number of nitrogens with one attached hydrogen (secondary N) is 6. The monoisotopic (exact) mass is 888 g/mol. The number of fused-ring (bicyclic) bond motifs is 3. The Kier molecular flexibility index (Phi) is 17.0. The minimum absolute atomic E-state index is 0.0000340. The van der Waals surface area contributed by atoms with E-state index in [0.29, 0.717) is 31.6 Å². The topological polar surface area (TPSA) is 345 Å². The van der Waals surface area contributed by atoms with Gasteiger partial charge in [0.25, 0.3) is 0 Å². The second-order valence-corrected chi connectivity index (χ2v) is 16.0. The summed E-state index contributed by atoms with van der Waals surface area (Å²) in [5, 5.41) is 24.3. The molecule has 0 saturated carbocycles. The highest BCUT2D eigenvalue weighted by molar-refractivity contribution is 5.98. The van der Waals surface area contributed by atoms with Gasteiger partial charge in [0.05, 0.1) is 25.6 Å². The molecular formula is C43H60N12O9. The molecule has 3 heterocycles. The second kappa shape index (κ2) is 22.6. The number of methoxy groups -OCH3 is 1. The number of rotatable bonds is 22. The van der Waals surface area contributed by atoms with Crippen LogP contribution in [0, 0.1) is 0 Å². The summed E-state index contributed by atoms with van der Waals surface area (Å²) < 4.78 is 5.35. The van der Waals surface area contributed by atoms with Gasteiger partial charge in [0.15, 0.2) is 5.96 Å². The van der Waals surface area contributed by atoms with E-state index in [2.05, 4.69) is 36.6 Å². The Morgan fingerprint density at radius 1 is 0.875 bits per heavy atom. The summed E-state index contributed by atoms with van der Waals surface area (Å²) in [6.07, 6.45) is 1.72. The van der Waals surface area contributed by atoms with Gasteiger partial charge in [-0.1, -0.05) is 30.3 Å². The number of hydrogen-bond donors (Lipinski definition) is 11. The molecule has 21 heteroatoms. The number of ether oxygens (including phenoxy) is 1. The Morgan fingerprint density at radius 3 is 2.25 bits per heavy atom. The fourth-order valence-electron chi connectivity index (χ4n) is 8.10. The van der Waals surface area contributed by atoms with Crippen LogP contribution in [0.2, 0.25) is 0 Å². The van der Waals surface area contributed by atoms with Crippen LogP contribution in [0.15, 0.2) is 53.5 Å². The smallest absolute Gasteiger partial charge is 0.326 e. The summed E-state index contributed by atoms with van der Waals surface area (Å²) in [5.41, 5.74) is 25.6. The Labute approximate surface area is 370 Å². The molecule has 2 aliphatic heterocycles. The van der Waals surface area contributed by atoms with Crippen molar-refractivity contribution in [3.63, 3.8) is 0 Å². The standard InChI is InChI=1S/C43H60N12O9/c1-23(37(57)53-30(42(62)63)11-5-6-18-44)49-40(60)33-13-8-20-55(33)41(61)29(12-7-19-48-43(46)47)52-39(59)32(22-34(45)56)54-38(58)31-21-27-26-9-3-4-10-28(26)50-36(27)35(51-31)24-14-16-25(64-2)17-15-24/h3-4,9-10,14-17,23,29-33,35,50-51H,5-8,11-13,18-22,44H2,1-2H3,(H2,45,56)(H,49,60)(H,52,59)(H,53,57)(H,54,58)(H,62,63)(H4,46,47,48)/t23-,29-,30-,31-,32-,33-,35+/m0/s1. The number of hydrogen-bond acceptors (Lipinski definition) is 11. The highest BCUT2D eigenvalue weighted by atomic mass is 16.5. The fourth-order valence-corrected chi connectivity index (χ4v) is 8.10. The zero-order chi connectivity index (χ0) is 46.5. The Hall–Kier alpha value is -6.74. The average Bonchev–Trinajstić information content (AvgIpc) is 3.92. The maximum atomic E-state index is 14.3. The van der Waals surface area contributed by atoms with Gasteiger partial charge in [0.2, 0.25) is 35.4 Å². The van der Waals surface area contributed by atoms with Crippen molar-refractivity contribution < 1.29 is 43.4 Å². The zero-order valence-electron chi connectivity index (χ0n) is 36.1. The van der Waals surface area contributed by atoms with E-state index in [1.807, 2.05) is 48.5 Å². The molecule has 0 bridgehead atoms. The number of guanidine groups is 1. The van der Waals surface area contributed by atoms with E-state index < -0.39 is 90.1 Å². The van der Waals surface area contributed by atoms with E-state index in [-0.39, 0.29) is 51.2 Å². The van der Waals surface area contributed by atoms with Crippen molar-refractivity contribution in [1.82, 2.24) is 36.5 Å². The molecule has 0 spiro atoms. The van der Waals surface area contributed by atoms with Crippen LogP contribution in [0.4, 0.5) is 0 Å². The minimum Gasteiger partial charge on any atom is -0.497 e. The number of carbonyl (C=O) groups is 7. The molecule has 6 amide bonds. The molecule has 15 N–H and O–H groups in total. The molecule has 2 aromatic carbocycles. The number of aromatic nitrogens is 1. The van der Waals surface area contributed by atoms with E-state index >= 15 is 0 Å². The molecule has 0 unspecified atom stereocenters. The summed E-state index contributed by atoms with van der Waals surface area (Å²) >= 11 is 0. The van der Waals surface area contributed by atoms with E-state index in [1.165, 1.54) is 11.8 Å². The number of nitrogens with zero attached hydrogens (tertiary/aromatic N) is 2. The Morgan fingerprint density at radius 2 is 1.58 bits per heavy atom. The predicted molar refractivity (Wildman–Crippen MR) is 236 cm³/mol.